The van der Waals surface area contributed by atoms with Gasteiger partial charge >= 0.3 is 5.97 Å². The van der Waals surface area contributed by atoms with Crippen molar-refractivity contribution in [1.29, 1.82) is 0 Å². The van der Waals surface area contributed by atoms with Gasteiger partial charge in [0.15, 0.2) is 0 Å². The zero-order chi connectivity index (χ0) is 9.40. The van der Waals surface area contributed by atoms with E-state index in [4.69, 9.17) is 17.3 Å². The van der Waals surface area contributed by atoms with Crippen LogP contribution in [0.1, 0.15) is 6.42 Å². The lowest BCUT2D eigenvalue weighted by atomic mass is 10.3. The van der Waals surface area contributed by atoms with E-state index in [2.05, 4.69) is 5.92 Å². The SMILES string of the molecule is C#CCN(CCCN)CC(=O)O. The molecule has 0 bridgehead atoms. The Hall–Kier alpha value is -1.05. The normalized spacial score (nSPS) is 9.75. The summed E-state index contributed by atoms with van der Waals surface area (Å²) in [5.74, 6) is 1.54. The highest BCUT2D eigenvalue weighted by Crippen LogP contribution is 1.89. The summed E-state index contributed by atoms with van der Waals surface area (Å²) in [7, 11) is 0. The molecule has 0 fully saturated rings. The van der Waals surface area contributed by atoms with E-state index in [9.17, 15) is 4.79 Å². The fourth-order valence-electron chi connectivity index (χ4n) is 0.849. The van der Waals surface area contributed by atoms with E-state index < -0.39 is 5.97 Å². The standard InChI is InChI=1S/C8H14N2O2/c1-2-5-10(6-3-4-9)7-8(11)12/h1H,3-7,9H2,(H,11,12). The van der Waals surface area contributed by atoms with Crippen LogP contribution in [-0.2, 0) is 4.79 Å². The van der Waals surface area contributed by atoms with Crippen molar-refractivity contribution in [3.63, 3.8) is 0 Å². The molecule has 12 heavy (non-hydrogen) atoms. The molecule has 0 saturated carbocycles. The van der Waals surface area contributed by atoms with Crippen molar-refractivity contribution >= 4 is 5.97 Å². The van der Waals surface area contributed by atoms with Crippen LogP contribution >= 0.6 is 0 Å². The Balaban J connectivity index is 3.71. The molecule has 4 heteroatoms. The summed E-state index contributed by atoms with van der Waals surface area (Å²) in [5, 5.41) is 8.47. The summed E-state index contributed by atoms with van der Waals surface area (Å²) < 4.78 is 0. The number of carboxylic acid groups (broad SMARTS) is 1. The Labute approximate surface area is 72.3 Å². The Morgan fingerprint density at radius 1 is 1.67 bits per heavy atom. The largest absolute Gasteiger partial charge is 0.480 e. The number of nitrogens with zero attached hydrogens (tertiary/aromatic N) is 1. The molecule has 3 N–H and O–H groups in total. The smallest absolute Gasteiger partial charge is 0.317 e. The summed E-state index contributed by atoms with van der Waals surface area (Å²) in [6.07, 6.45) is 5.83. The molecule has 0 aromatic heterocycles. The molecule has 0 amide bonds. The minimum Gasteiger partial charge on any atom is -0.480 e. The molecule has 0 atom stereocenters. The van der Waals surface area contributed by atoms with Gasteiger partial charge in [0.1, 0.15) is 0 Å². The van der Waals surface area contributed by atoms with Crippen LogP contribution in [0.4, 0.5) is 0 Å². The highest BCUT2D eigenvalue weighted by molar-refractivity contribution is 5.69. The molecule has 0 radical (unpaired) electrons. The van der Waals surface area contributed by atoms with Gasteiger partial charge in [0.2, 0.25) is 0 Å². The average Bonchev–Trinajstić information content (AvgIpc) is 2.00. The molecule has 0 heterocycles. The average molecular weight is 170 g/mol. The van der Waals surface area contributed by atoms with E-state index in [-0.39, 0.29) is 6.54 Å². The van der Waals surface area contributed by atoms with Gasteiger partial charge in [-0.15, -0.1) is 6.42 Å². The minimum atomic E-state index is -0.859. The van der Waals surface area contributed by atoms with E-state index in [0.717, 1.165) is 6.42 Å². The maximum absolute atomic E-state index is 10.3. The highest BCUT2D eigenvalue weighted by Gasteiger charge is 2.06. The molecule has 0 aliphatic rings. The molecule has 0 saturated heterocycles. The zero-order valence-electron chi connectivity index (χ0n) is 6.99. The van der Waals surface area contributed by atoms with Crippen molar-refractivity contribution in [3.8, 4) is 12.3 Å². The van der Waals surface area contributed by atoms with Crippen molar-refractivity contribution < 1.29 is 9.90 Å². The second-order valence-corrected chi connectivity index (χ2v) is 2.45. The summed E-state index contributed by atoms with van der Waals surface area (Å²) in [6, 6.07) is 0. The number of hydrogen-bond acceptors (Lipinski definition) is 3. The summed E-state index contributed by atoms with van der Waals surface area (Å²) in [5.41, 5.74) is 5.28. The number of carboxylic acids is 1. The van der Waals surface area contributed by atoms with E-state index in [0.29, 0.717) is 19.6 Å². The summed E-state index contributed by atoms with van der Waals surface area (Å²) >= 11 is 0. The van der Waals surface area contributed by atoms with Crippen molar-refractivity contribution in [3.05, 3.63) is 0 Å². The molecule has 0 unspecified atom stereocenters. The monoisotopic (exact) mass is 170 g/mol. The predicted molar refractivity (Wildman–Crippen MR) is 46.6 cm³/mol. The second kappa shape index (κ2) is 6.65. The van der Waals surface area contributed by atoms with Crippen LogP contribution in [0, 0.1) is 12.3 Å². The van der Waals surface area contributed by atoms with Gasteiger partial charge in [0.05, 0.1) is 13.1 Å². The summed E-state index contributed by atoms with van der Waals surface area (Å²) in [4.78, 5) is 12.0. The number of carbonyl (C=O) groups is 1. The van der Waals surface area contributed by atoms with Gasteiger partial charge in [0.25, 0.3) is 0 Å². The van der Waals surface area contributed by atoms with Crippen molar-refractivity contribution in [2.75, 3.05) is 26.2 Å². The third-order valence-electron chi connectivity index (χ3n) is 1.35. The molecule has 0 rings (SSSR count). The van der Waals surface area contributed by atoms with E-state index >= 15 is 0 Å². The van der Waals surface area contributed by atoms with Crippen LogP contribution < -0.4 is 5.73 Å². The van der Waals surface area contributed by atoms with Crippen LogP contribution in [0.2, 0.25) is 0 Å². The first-order chi connectivity index (χ1) is 5.70. The lowest BCUT2D eigenvalue weighted by molar-refractivity contribution is -0.138. The van der Waals surface area contributed by atoms with Gasteiger partial charge in [-0.2, -0.15) is 0 Å². The van der Waals surface area contributed by atoms with Crippen LogP contribution in [-0.4, -0.2) is 42.2 Å². The molecule has 0 spiro atoms. The van der Waals surface area contributed by atoms with Gasteiger partial charge in [-0.3, -0.25) is 9.69 Å². The lowest BCUT2D eigenvalue weighted by Crippen LogP contribution is -2.32. The maximum Gasteiger partial charge on any atom is 0.317 e. The van der Waals surface area contributed by atoms with Gasteiger partial charge in [0, 0.05) is 6.54 Å². The number of rotatable bonds is 6. The Morgan fingerprint density at radius 3 is 2.75 bits per heavy atom. The Morgan fingerprint density at radius 2 is 2.33 bits per heavy atom. The maximum atomic E-state index is 10.3. The third kappa shape index (κ3) is 5.71. The quantitative estimate of drug-likeness (QED) is 0.520. The molecule has 0 aromatic rings. The molecule has 0 aromatic carbocycles. The Bertz CT molecular complexity index is 174. The summed E-state index contributed by atoms with van der Waals surface area (Å²) in [6.45, 7) is 1.56. The van der Waals surface area contributed by atoms with Crippen molar-refractivity contribution in [2.24, 2.45) is 5.73 Å². The van der Waals surface area contributed by atoms with E-state index in [1.807, 2.05) is 0 Å². The first kappa shape index (κ1) is 11.0. The van der Waals surface area contributed by atoms with Crippen LogP contribution in [0.25, 0.3) is 0 Å². The predicted octanol–water partition coefficient (Wildman–Crippen LogP) is -0.645. The molecule has 4 nitrogen and oxygen atoms in total. The first-order valence-corrected chi connectivity index (χ1v) is 3.78. The topological polar surface area (TPSA) is 66.6 Å². The fraction of sp³-hybridized carbons (Fsp3) is 0.625. The molecule has 68 valence electrons. The van der Waals surface area contributed by atoms with E-state index in [1.165, 1.54) is 0 Å². The van der Waals surface area contributed by atoms with Crippen LogP contribution in [0.15, 0.2) is 0 Å². The number of hydrogen-bond donors (Lipinski definition) is 2. The van der Waals surface area contributed by atoms with Crippen LogP contribution in [0.3, 0.4) is 0 Å². The first-order valence-electron chi connectivity index (χ1n) is 3.78. The molecule has 0 aliphatic carbocycles. The Kier molecular flexibility index (Phi) is 6.07. The van der Waals surface area contributed by atoms with Gasteiger partial charge in [-0.25, -0.2) is 0 Å². The molecule has 0 aliphatic heterocycles. The fourth-order valence-corrected chi connectivity index (χ4v) is 0.849. The number of aliphatic carboxylic acids is 1. The van der Waals surface area contributed by atoms with Gasteiger partial charge < -0.3 is 10.8 Å². The van der Waals surface area contributed by atoms with Crippen LogP contribution in [0.5, 0.6) is 0 Å². The van der Waals surface area contributed by atoms with Gasteiger partial charge in [-0.05, 0) is 13.0 Å². The number of terminal acetylenes is 1. The minimum absolute atomic E-state index is 0.00972. The lowest BCUT2D eigenvalue weighted by Gasteiger charge is -2.15. The molecular formula is C8H14N2O2. The second-order valence-electron chi connectivity index (χ2n) is 2.45. The number of nitrogens with two attached hydrogens (primary N) is 1. The van der Waals surface area contributed by atoms with Gasteiger partial charge in [-0.1, -0.05) is 5.92 Å². The highest BCUT2D eigenvalue weighted by atomic mass is 16.4. The third-order valence-corrected chi connectivity index (χ3v) is 1.35. The van der Waals surface area contributed by atoms with E-state index in [1.54, 1.807) is 4.90 Å². The zero-order valence-corrected chi connectivity index (χ0v) is 6.99. The molecular weight excluding hydrogens is 156 g/mol. The van der Waals surface area contributed by atoms with Crippen molar-refractivity contribution in [2.45, 2.75) is 6.42 Å². The van der Waals surface area contributed by atoms with Crippen molar-refractivity contribution in [1.82, 2.24) is 4.90 Å².